The van der Waals surface area contributed by atoms with E-state index in [0.29, 0.717) is 37.6 Å². The maximum atomic E-state index is 9.53. The van der Waals surface area contributed by atoms with Gasteiger partial charge in [-0.15, -0.1) is 0 Å². The zero-order chi connectivity index (χ0) is 13.0. The Morgan fingerprint density at radius 2 is 1.67 bits per heavy atom. The van der Waals surface area contributed by atoms with Crippen LogP contribution in [0, 0.1) is 11.3 Å². The molecule has 0 spiro atoms. The molecule has 0 atom stereocenters. The van der Waals surface area contributed by atoms with E-state index in [1.807, 2.05) is 18.2 Å². The molecule has 1 saturated heterocycles. The van der Waals surface area contributed by atoms with Crippen LogP contribution in [-0.2, 0) is 10.2 Å². The highest BCUT2D eigenvalue weighted by atomic mass is 16.5. The van der Waals surface area contributed by atoms with E-state index in [1.54, 1.807) is 14.2 Å². The Morgan fingerprint density at radius 1 is 1.11 bits per heavy atom. The van der Waals surface area contributed by atoms with E-state index in [0.717, 1.165) is 5.56 Å². The van der Waals surface area contributed by atoms with Gasteiger partial charge in [0.2, 0.25) is 0 Å². The molecule has 0 aromatic heterocycles. The summed E-state index contributed by atoms with van der Waals surface area (Å²) in [6.07, 6.45) is 1.42. The standard InChI is InChI=1S/C14H17NO3/c1-16-12-7-11(8-13(9-12)17-2)14(10-15)3-5-18-6-4-14/h7-9H,3-6H2,1-2H3. The Bertz CT molecular complexity index is 436. The lowest BCUT2D eigenvalue weighted by Crippen LogP contribution is -2.32. The van der Waals surface area contributed by atoms with Gasteiger partial charge in [0.25, 0.3) is 0 Å². The van der Waals surface area contributed by atoms with E-state index in [1.165, 1.54) is 0 Å². The van der Waals surface area contributed by atoms with Crippen LogP contribution in [0.3, 0.4) is 0 Å². The van der Waals surface area contributed by atoms with E-state index in [9.17, 15) is 5.26 Å². The molecule has 0 unspecified atom stereocenters. The molecule has 0 aliphatic carbocycles. The van der Waals surface area contributed by atoms with Gasteiger partial charge in [0.1, 0.15) is 11.5 Å². The SMILES string of the molecule is COc1cc(OC)cc(C2(C#N)CCOCC2)c1. The van der Waals surface area contributed by atoms with Gasteiger partial charge in [0.15, 0.2) is 0 Å². The summed E-state index contributed by atoms with van der Waals surface area (Å²) >= 11 is 0. The molecule has 1 aliphatic heterocycles. The number of nitriles is 1. The number of ether oxygens (including phenoxy) is 3. The monoisotopic (exact) mass is 247 g/mol. The van der Waals surface area contributed by atoms with Gasteiger partial charge in [-0.05, 0) is 30.5 Å². The van der Waals surface area contributed by atoms with Crippen molar-refractivity contribution in [2.24, 2.45) is 0 Å². The van der Waals surface area contributed by atoms with Crippen LogP contribution in [0.4, 0.5) is 0 Å². The van der Waals surface area contributed by atoms with Crippen molar-refractivity contribution in [1.29, 1.82) is 5.26 Å². The van der Waals surface area contributed by atoms with Crippen LogP contribution in [-0.4, -0.2) is 27.4 Å². The Hall–Kier alpha value is -1.73. The molecule has 4 nitrogen and oxygen atoms in total. The Morgan fingerprint density at radius 3 is 2.11 bits per heavy atom. The molecule has 18 heavy (non-hydrogen) atoms. The summed E-state index contributed by atoms with van der Waals surface area (Å²) in [7, 11) is 3.23. The van der Waals surface area contributed by atoms with E-state index >= 15 is 0 Å². The number of benzene rings is 1. The van der Waals surface area contributed by atoms with Crippen molar-refractivity contribution < 1.29 is 14.2 Å². The van der Waals surface area contributed by atoms with Crippen LogP contribution >= 0.6 is 0 Å². The second-order valence-electron chi connectivity index (χ2n) is 4.41. The quantitative estimate of drug-likeness (QED) is 0.822. The summed E-state index contributed by atoms with van der Waals surface area (Å²) in [5.41, 5.74) is 0.463. The highest BCUT2D eigenvalue weighted by molar-refractivity contribution is 5.44. The molecule has 1 aliphatic rings. The minimum absolute atomic E-state index is 0.486. The lowest BCUT2D eigenvalue weighted by atomic mass is 9.75. The van der Waals surface area contributed by atoms with E-state index < -0.39 is 5.41 Å². The number of hydrogen-bond acceptors (Lipinski definition) is 4. The number of methoxy groups -OCH3 is 2. The molecule has 1 heterocycles. The fourth-order valence-corrected chi connectivity index (χ4v) is 2.27. The van der Waals surface area contributed by atoms with Crippen molar-refractivity contribution in [3.63, 3.8) is 0 Å². The van der Waals surface area contributed by atoms with Crippen molar-refractivity contribution in [3.8, 4) is 17.6 Å². The van der Waals surface area contributed by atoms with Gasteiger partial charge < -0.3 is 14.2 Å². The molecular formula is C14H17NO3. The van der Waals surface area contributed by atoms with Gasteiger partial charge in [-0.2, -0.15) is 5.26 Å². The number of rotatable bonds is 3. The van der Waals surface area contributed by atoms with Crippen LogP contribution in [0.15, 0.2) is 18.2 Å². The topological polar surface area (TPSA) is 51.5 Å². The Labute approximate surface area is 107 Å². The first-order valence-corrected chi connectivity index (χ1v) is 5.96. The molecule has 1 aromatic carbocycles. The first-order chi connectivity index (χ1) is 8.74. The third kappa shape index (κ3) is 2.27. The highest BCUT2D eigenvalue weighted by Crippen LogP contribution is 2.37. The van der Waals surface area contributed by atoms with Crippen LogP contribution in [0.1, 0.15) is 18.4 Å². The second-order valence-corrected chi connectivity index (χ2v) is 4.41. The molecule has 0 radical (unpaired) electrons. The van der Waals surface area contributed by atoms with Crippen LogP contribution in [0.25, 0.3) is 0 Å². The second kappa shape index (κ2) is 5.28. The first kappa shape index (κ1) is 12.7. The molecular weight excluding hydrogens is 230 g/mol. The van der Waals surface area contributed by atoms with Gasteiger partial charge in [-0.1, -0.05) is 0 Å². The molecule has 96 valence electrons. The van der Waals surface area contributed by atoms with Gasteiger partial charge in [-0.25, -0.2) is 0 Å². The summed E-state index contributed by atoms with van der Waals surface area (Å²) in [5.74, 6) is 1.43. The minimum Gasteiger partial charge on any atom is -0.497 e. The molecule has 0 amide bonds. The maximum Gasteiger partial charge on any atom is 0.122 e. The number of nitrogens with zero attached hydrogens (tertiary/aromatic N) is 1. The molecule has 0 N–H and O–H groups in total. The van der Waals surface area contributed by atoms with Gasteiger partial charge in [0, 0.05) is 19.3 Å². The predicted octanol–water partition coefficient (Wildman–Crippen LogP) is 2.28. The zero-order valence-electron chi connectivity index (χ0n) is 10.7. The van der Waals surface area contributed by atoms with E-state index in [2.05, 4.69) is 6.07 Å². The highest BCUT2D eigenvalue weighted by Gasteiger charge is 2.35. The molecule has 0 bridgehead atoms. The van der Waals surface area contributed by atoms with Crippen molar-refractivity contribution in [2.45, 2.75) is 18.3 Å². The minimum atomic E-state index is -0.486. The Kier molecular flexibility index (Phi) is 3.73. The average molecular weight is 247 g/mol. The van der Waals surface area contributed by atoms with Crippen molar-refractivity contribution in [2.75, 3.05) is 27.4 Å². The Balaban J connectivity index is 2.44. The van der Waals surface area contributed by atoms with E-state index in [-0.39, 0.29) is 0 Å². The molecule has 2 rings (SSSR count). The zero-order valence-corrected chi connectivity index (χ0v) is 10.7. The maximum absolute atomic E-state index is 9.53. The summed E-state index contributed by atoms with van der Waals surface area (Å²) < 4.78 is 15.9. The normalized spacial score (nSPS) is 17.8. The summed E-state index contributed by atoms with van der Waals surface area (Å²) in [4.78, 5) is 0. The lowest BCUT2D eigenvalue weighted by Gasteiger charge is -2.31. The molecule has 4 heteroatoms. The first-order valence-electron chi connectivity index (χ1n) is 5.96. The third-order valence-corrected chi connectivity index (χ3v) is 3.46. The third-order valence-electron chi connectivity index (χ3n) is 3.46. The van der Waals surface area contributed by atoms with Crippen molar-refractivity contribution in [1.82, 2.24) is 0 Å². The molecule has 0 saturated carbocycles. The molecule has 1 aromatic rings. The summed E-state index contributed by atoms with van der Waals surface area (Å²) in [6, 6.07) is 8.09. The van der Waals surface area contributed by atoms with Gasteiger partial charge >= 0.3 is 0 Å². The lowest BCUT2D eigenvalue weighted by molar-refractivity contribution is 0.0674. The van der Waals surface area contributed by atoms with Crippen LogP contribution in [0.2, 0.25) is 0 Å². The number of hydrogen-bond donors (Lipinski definition) is 0. The summed E-state index contributed by atoms with van der Waals surface area (Å²) in [6.45, 7) is 1.24. The summed E-state index contributed by atoms with van der Waals surface area (Å²) in [5, 5.41) is 9.53. The predicted molar refractivity (Wildman–Crippen MR) is 66.9 cm³/mol. The van der Waals surface area contributed by atoms with Crippen LogP contribution < -0.4 is 9.47 Å². The smallest absolute Gasteiger partial charge is 0.122 e. The van der Waals surface area contributed by atoms with Crippen molar-refractivity contribution >= 4 is 0 Å². The van der Waals surface area contributed by atoms with E-state index in [4.69, 9.17) is 14.2 Å². The van der Waals surface area contributed by atoms with Gasteiger partial charge in [-0.3, -0.25) is 0 Å². The molecule has 1 fully saturated rings. The largest absolute Gasteiger partial charge is 0.497 e. The fourth-order valence-electron chi connectivity index (χ4n) is 2.27. The average Bonchev–Trinajstić information content (AvgIpc) is 2.47. The van der Waals surface area contributed by atoms with Gasteiger partial charge in [0.05, 0.1) is 25.7 Å². The van der Waals surface area contributed by atoms with Crippen molar-refractivity contribution in [3.05, 3.63) is 23.8 Å². The fraction of sp³-hybridized carbons (Fsp3) is 0.500. The van der Waals surface area contributed by atoms with Crippen LogP contribution in [0.5, 0.6) is 11.5 Å².